The van der Waals surface area contributed by atoms with Crippen molar-refractivity contribution in [3.05, 3.63) is 39.9 Å². The Labute approximate surface area is 152 Å². The van der Waals surface area contributed by atoms with Gasteiger partial charge in [-0.05, 0) is 25.8 Å². The highest BCUT2D eigenvalue weighted by Crippen LogP contribution is 2.28. The summed E-state index contributed by atoms with van der Waals surface area (Å²) in [7, 11) is 0. The molecule has 0 spiro atoms. The SMILES string of the molecule is CC(NC(=O)c1cccc([N+](=O)[O-])c1)C(=O)NC1(CN)CCCC1.Cl. The molecule has 8 nitrogen and oxygen atoms in total. The summed E-state index contributed by atoms with van der Waals surface area (Å²) in [6.45, 7) is 1.94. The molecule has 0 saturated heterocycles. The maximum atomic E-state index is 12.3. The minimum Gasteiger partial charge on any atom is -0.348 e. The van der Waals surface area contributed by atoms with E-state index in [0.29, 0.717) is 6.54 Å². The third-order valence-corrected chi connectivity index (χ3v) is 4.40. The van der Waals surface area contributed by atoms with Crippen molar-refractivity contribution in [2.45, 2.75) is 44.2 Å². The number of carbonyl (C=O) groups is 2. The van der Waals surface area contributed by atoms with Crippen LogP contribution < -0.4 is 16.4 Å². The van der Waals surface area contributed by atoms with E-state index >= 15 is 0 Å². The van der Waals surface area contributed by atoms with E-state index < -0.39 is 16.9 Å². The minimum absolute atomic E-state index is 0. The van der Waals surface area contributed by atoms with E-state index in [1.165, 1.54) is 24.3 Å². The maximum absolute atomic E-state index is 12.3. The average Bonchev–Trinajstić information content (AvgIpc) is 3.03. The van der Waals surface area contributed by atoms with Crippen LogP contribution in [0, 0.1) is 10.1 Å². The lowest BCUT2D eigenvalue weighted by atomic mass is 9.97. The van der Waals surface area contributed by atoms with Crippen LogP contribution in [-0.2, 0) is 4.79 Å². The van der Waals surface area contributed by atoms with Gasteiger partial charge in [0.1, 0.15) is 6.04 Å². The van der Waals surface area contributed by atoms with Gasteiger partial charge in [0.15, 0.2) is 0 Å². The van der Waals surface area contributed by atoms with E-state index in [4.69, 9.17) is 5.73 Å². The standard InChI is InChI=1S/C16H22N4O4.ClH/c1-11(14(21)19-16(10-17)7-2-3-8-16)18-15(22)12-5-4-6-13(9-12)20(23)24;/h4-6,9,11H,2-3,7-8,10,17H2,1H3,(H,18,22)(H,19,21);1H. The smallest absolute Gasteiger partial charge is 0.270 e. The second-order valence-electron chi connectivity index (χ2n) is 6.18. The van der Waals surface area contributed by atoms with Crippen LogP contribution in [-0.4, -0.2) is 34.9 Å². The molecule has 0 radical (unpaired) electrons. The fourth-order valence-electron chi connectivity index (χ4n) is 2.91. The number of carbonyl (C=O) groups excluding carboxylic acids is 2. The molecule has 0 bridgehead atoms. The molecule has 25 heavy (non-hydrogen) atoms. The number of nitro benzene ring substituents is 1. The Hall–Kier alpha value is -2.19. The van der Waals surface area contributed by atoms with Gasteiger partial charge in [0.05, 0.1) is 10.5 Å². The van der Waals surface area contributed by atoms with Gasteiger partial charge in [-0.3, -0.25) is 19.7 Å². The predicted octanol–water partition coefficient (Wildman–Crippen LogP) is 1.52. The van der Waals surface area contributed by atoms with Crippen molar-refractivity contribution in [1.82, 2.24) is 10.6 Å². The zero-order valence-corrected chi connectivity index (χ0v) is 14.8. The van der Waals surface area contributed by atoms with Crippen molar-refractivity contribution >= 4 is 29.9 Å². The molecule has 1 aliphatic rings. The van der Waals surface area contributed by atoms with Gasteiger partial charge < -0.3 is 16.4 Å². The first kappa shape index (κ1) is 20.9. The highest BCUT2D eigenvalue weighted by molar-refractivity contribution is 5.98. The van der Waals surface area contributed by atoms with Crippen molar-refractivity contribution in [3.8, 4) is 0 Å². The largest absolute Gasteiger partial charge is 0.348 e. The fraction of sp³-hybridized carbons (Fsp3) is 0.500. The Balaban J connectivity index is 0.00000312. The normalized spacial score (nSPS) is 16.4. The van der Waals surface area contributed by atoms with Crippen LogP contribution in [0.3, 0.4) is 0 Å². The molecule has 1 aromatic rings. The molecule has 1 aliphatic carbocycles. The highest BCUT2D eigenvalue weighted by Gasteiger charge is 2.35. The number of halogens is 1. The Morgan fingerprint density at radius 2 is 2.00 bits per heavy atom. The second kappa shape index (κ2) is 8.77. The fourth-order valence-corrected chi connectivity index (χ4v) is 2.91. The number of rotatable bonds is 6. The van der Waals surface area contributed by atoms with E-state index in [1.54, 1.807) is 6.92 Å². The van der Waals surface area contributed by atoms with Crippen LogP contribution in [0.2, 0.25) is 0 Å². The first-order valence-corrected chi connectivity index (χ1v) is 7.94. The number of hydrogen-bond donors (Lipinski definition) is 3. The second-order valence-corrected chi connectivity index (χ2v) is 6.18. The van der Waals surface area contributed by atoms with Crippen molar-refractivity contribution in [2.75, 3.05) is 6.54 Å². The van der Waals surface area contributed by atoms with Gasteiger partial charge in [0.2, 0.25) is 5.91 Å². The van der Waals surface area contributed by atoms with Gasteiger partial charge in [0.25, 0.3) is 11.6 Å². The first-order chi connectivity index (χ1) is 11.4. The molecule has 1 fully saturated rings. The van der Waals surface area contributed by atoms with Crippen molar-refractivity contribution in [2.24, 2.45) is 5.73 Å². The van der Waals surface area contributed by atoms with Crippen molar-refractivity contribution < 1.29 is 14.5 Å². The van der Waals surface area contributed by atoms with Crippen LogP contribution in [0.4, 0.5) is 5.69 Å². The zero-order valence-electron chi connectivity index (χ0n) is 14.0. The number of benzene rings is 1. The zero-order chi connectivity index (χ0) is 17.7. The third-order valence-electron chi connectivity index (χ3n) is 4.40. The third kappa shape index (κ3) is 5.14. The summed E-state index contributed by atoms with van der Waals surface area (Å²) >= 11 is 0. The Bertz CT molecular complexity index is 647. The molecule has 0 aliphatic heterocycles. The van der Waals surface area contributed by atoms with E-state index in [0.717, 1.165) is 25.7 Å². The predicted molar refractivity (Wildman–Crippen MR) is 95.7 cm³/mol. The highest BCUT2D eigenvalue weighted by atomic mass is 35.5. The monoisotopic (exact) mass is 370 g/mol. The number of amides is 2. The minimum atomic E-state index is -0.763. The summed E-state index contributed by atoms with van der Waals surface area (Å²) in [6, 6.07) is 4.61. The molecular weight excluding hydrogens is 348 g/mol. The number of nitrogens with one attached hydrogen (secondary N) is 2. The Morgan fingerprint density at radius 1 is 1.36 bits per heavy atom. The van der Waals surface area contributed by atoms with Gasteiger partial charge in [-0.1, -0.05) is 18.9 Å². The Morgan fingerprint density at radius 3 is 2.56 bits per heavy atom. The summed E-state index contributed by atoms with van der Waals surface area (Å²) in [6.07, 6.45) is 3.71. The Kier molecular flexibility index (Phi) is 7.32. The van der Waals surface area contributed by atoms with Gasteiger partial charge in [0, 0.05) is 24.2 Å². The molecule has 1 aromatic carbocycles. The summed E-state index contributed by atoms with van der Waals surface area (Å²) in [5.41, 5.74) is 5.37. The number of nitrogens with zero attached hydrogens (tertiary/aromatic N) is 1. The molecule has 0 heterocycles. The topological polar surface area (TPSA) is 127 Å². The van der Waals surface area contributed by atoms with Gasteiger partial charge in [-0.2, -0.15) is 0 Å². The van der Waals surface area contributed by atoms with E-state index in [1.807, 2.05) is 0 Å². The van der Waals surface area contributed by atoms with Crippen LogP contribution in [0.5, 0.6) is 0 Å². The molecule has 1 saturated carbocycles. The molecule has 2 rings (SSSR count). The van der Waals surface area contributed by atoms with E-state index in [-0.39, 0.29) is 35.1 Å². The molecule has 1 atom stereocenters. The van der Waals surface area contributed by atoms with Crippen LogP contribution >= 0.6 is 12.4 Å². The number of hydrogen-bond acceptors (Lipinski definition) is 5. The van der Waals surface area contributed by atoms with Crippen molar-refractivity contribution in [1.29, 1.82) is 0 Å². The number of non-ortho nitro benzene ring substituents is 1. The van der Waals surface area contributed by atoms with E-state index in [2.05, 4.69) is 10.6 Å². The summed E-state index contributed by atoms with van der Waals surface area (Å²) in [5.74, 6) is -0.837. The summed E-state index contributed by atoms with van der Waals surface area (Å²) in [4.78, 5) is 34.7. The summed E-state index contributed by atoms with van der Waals surface area (Å²) in [5, 5.41) is 16.3. The lowest BCUT2D eigenvalue weighted by molar-refractivity contribution is -0.384. The van der Waals surface area contributed by atoms with Crippen LogP contribution in [0.25, 0.3) is 0 Å². The number of nitro groups is 1. The summed E-state index contributed by atoms with van der Waals surface area (Å²) < 4.78 is 0. The van der Waals surface area contributed by atoms with Crippen LogP contribution in [0.1, 0.15) is 43.0 Å². The molecule has 9 heteroatoms. The van der Waals surface area contributed by atoms with Gasteiger partial charge >= 0.3 is 0 Å². The number of nitrogens with two attached hydrogens (primary N) is 1. The maximum Gasteiger partial charge on any atom is 0.270 e. The molecule has 138 valence electrons. The first-order valence-electron chi connectivity index (χ1n) is 7.94. The van der Waals surface area contributed by atoms with Crippen LogP contribution in [0.15, 0.2) is 24.3 Å². The van der Waals surface area contributed by atoms with E-state index in [9.17, 15) is 19.7 Å². The lowest BCUT2D eigenvalue weighted by Gasteiger charge is -2.30. The molecule has 4 N–H and O–H groups in total. The lowest BCUT2D eigenvalue weighted by Crippen LogP contribution is -2.56. The molecule has 0 aromatic heterocycles. The van der Waals surface area contributed by atoms with Gasteiger partial charge in [-0.15, -0.1) is 12.4 Å². The molecular formula is C16H23ClN4O4. The molecule has 2 amide bonds. The quantitative estimate of drug-likeness (QED) is 0.516. The van der Waals surface area contributed by atoms with Gasteiger partial charge in [-0.25, -0.2) is 0 Å². The van der Waals surface area contributed by atoms with Crippen molar-refractivity contribution in [3.63, 3.8) is 0 Å². The average molecular weight is 371 g/mol. The molecule has 1 unspecified atom stereocenters.